The zero-order chi connectivity index (χ0) is 14.1. The van der Waals surface area contributed by atoms with E-state index < -0.39 is 0 Å². The molecule has 108 valence electrons. The second kappa shape index (κ2) is 5.44. The molecule has 0 saturated carbocycles. The molecular formula is C16H23N3O. The Morgan fingerprint density at radius 3 is 3.00 bits per heavy atom. The molecule has 1 aromatic rings. The number of benzene rings is 1. The Labute approximate surface area is 120 Å². The summed E-state index contributed by atoms with van der Waals surface area (Å²) in [5.74, 6) is 0.659. The molecule has 2 atom stereocenters. The van der Waals surface area contributed by atoms with E-state index in [1.807, 2.05) is 0 Å². The Bertz CT molecular complexity index is 520. The average Bonchev–Trinajstić information content (AvgIpc) is 3.06. The zero-order valence-electron chi connectivity index (χ0n) is 12.3. The van der Waals surface area contributed by atoms with Crippen LogP contribution in [0, 0.1) is 13.8 Å². The van der Waals surface area contributed by atoms with Gasteiger partial charge in [-0.1, -0.05) is 18.2 Å². The highest BCUT2D eigenvalue weighted by Gasteiger charge is 2.31. The summed E-state index contributed by atoms with van der Waals surface area (Å²) in [5, 5.41) is 0. The van der Waals surface area contributed by atoms with E-state index in [9.17, 15) is 0 Å². The van der Waals surface area contributed by atoms with Crippen LogP contribution in [0.15, 0.2) is 23.2 Å². The first kappa shape index (κ1) is 13.4. The Balaban J connectivity index is 1.83. The van der Waals surface area contributed by atoms with Gasteiger partial charge in [0.15, 0.2) is 5.96 Å². The third-order valence-electron chi connectivity index (χ3n) is 4.53. The molecule has 2 N–H and O–H groups in total. The summed E-state index contributed by atoms with van der Waals surface area (Å²) in [5.41, 5.74) is 10.1. The van der Waals surface area contributed by atoms with Crippen LogP contribution in [0.1, 0.15) is 35.6 Å². The standard InChI is InChI=1S/C16H23N3O/c1-11-5-3-7-14(12(11)2)15-9-18-16(17)19(15)10-13-6-4-8-20-13/h3,5,7,13,15H,4,6,8-10H2,1-2H3,(H2,17,18). The molecule has 0 bridgehead atoms. The molecule has 3 rings (SSSR count). The molecule has 2 unspecified atom stereocenters. The summed E-state index contributed by atoms with van der Waals surface area (Å²) < 4.78 is 5.75. The largest absolute Gasteiger partial charge is 0.376 e. The topological polar surface area (TPSA) is 50.8 Å². The summed E-state index contributed by atoms with van der Waals surface area (Å²) in [6, 6.07) is 6.74. The fourth-order valence-corrected chi connectivity index (χ4v) is 3.16. The molecule has 2 aliphatic rings. The number of nitrogens with two attached hydrogens (primary N) is 1. The van der Waals surface area contributed by atoms with Crippen LogP contribution in [-0.2, 0) is 4.74 Å². The van der Waals surface area contributed by atoms with Crippen molar-refractivity contribution >= 4 is 5.96 Å². The van der Waals surface area contributed by atoms with Gasteiger partial charge >= 0.3 is 0 Å². The molecule has 0 aromatic heterocycles. The number of aliphatic imine (C=N–C) groups is 1. The maximum Gasteiger partial charge on any atom is 0.192 e. The highest BCUT2D eigenvalue weighted by Crippen LogP contribution is 2.30. The Morgan fingerprint density at radius 1 is 1.40 bits per heavy atom. The average molecular weight is 273 g/mol. The molecule has 2 aliphatic heterocycles. The van der Waals surface area contributed by atoms with Gasteiger partial charge in [-0.2, -0.15) is 0 Å². The van der Waals surface area contributed by atoms with Crippen molar-refractivity contribution in [1.29, 1.82) is 0 Å². The summed E-state index contributed by atoms with van der Waals surface area (Å²) in [4.78, 5) is 6.67. The molecular weight excluding hydrogens is 250 g/mol. The van der Waals surface area contributed by atoms with Crippen molar-refractivity contribution in [3.05, 3.63) is 34.9 Å². The Hall–Kier alpha value is -1.55. The minimum Gasteiger partial charge on any atom is -0.376 e. The number of hydrogen-bond acceptors (Lipinski definition) is 4. The second-order valence-corrected chi connectivity index (χ2v) is 5.79. The van der Waals surface area contributed by atoms with E-state index in [0.717, 1.165) is 32.5 Å². The quantitative estimate of drug-likeness (QED) is 0.918. The minimum atomic E-state index is 0.263. The number of aryl methyl sites for hydroxylation is 1. The number of ether oxygens (including phenoxy) is 1. The van der Waals surface area contributed by atoms with Gasteiger partial charge in [0.1, 0.15) is 0 Å². The maximum atomic E-state index is 6.09. The van der Waals surface area contributed by atoms with E-state index in [-0.39, 0.29) is 6.04 Å². The highest BCUT2D eigenvalue weighted by atomic mass is 16.5. The van der Waals surface area contributed by atoms with Crippen molar-refractivity contribution in [2.75, 3.05) is 19.7 Å². The summed E-state index contributed by atoms with van der Waals surface area (Å²) >= 11 is 0. The zero-order valence-corrected chi connectivity index (χ0v) is 12.3. The van der Waals surface area contributed by atoms with E-state index in [1.165, 1.54) is 16.7 Å². The summed E-state index contributed by atoms with van der Waals surface area (Å²) in [6.07, 6.45) is 2.59. The van der Waals surface area contributed by atoms with E-state index in [4.69, 9.17) is 10.5 Å². The van der Waals surface area contributed by atoms with Crippen LogP contribution in [0.2, 0.25) is 0 Å². The molecule has 0 aliphatic carbocycles. The number of nitrogens with zero attached hydrogens (tertiary/aromatic N) is 2. The normalized spacial score (nSPS) is 26.1. The first-order valence-electron chi connectivity index (χ1n) is 7.41. The molecule has 20 heavy (non-hydrogen) atoms. The Morgan fingerprint density at radius 2 is 2.25 bits per heavy atom. The Kier molecular flexibility index (Phi) is 3.66. The molecule has 1 saturated heterocycles. The van der Waals surface area contributed by atoms with Crippen molar-refractivity contribution in [3.8, 4) is 0 Å². The van der Waals surface area contributed by atoms with Gasteiger partial charge in [0.05, 0.1) is 18.7 Å². The van der Waals surface area contributed by atoms with Gasteiger partial charge in [0, 0.05) is 13.2 Å². The molecule has 1 aromatic carbocycles. The minimum absolute atomic E-state index is 0.263. The maximum absolute atomic E-state index is 6.09. The highest BCUT2D eigenvalue weighted by molar-refractivity contribution is 5.80. The van der Waals surface area contributed by atoms with E-state index in [2.05, 4.69) is 41.9 Å². The van der Waals surface area contributed by atoms with Gasteiger partial charge < -0.3 is 15.4 Å². The van der Waals surface area contributed by atoms with Gasteiger partial charge in [-0.05, 0) is 43.4 Å². The van der Waals surface area contributed by atoms with Gasteiger partial charge in [0.2, 0.25) is 0 Å². The van der Waals surface area contributed by atoms with Crippen LogP contribution in [0.25, 0.3) is 0 Å². The van der Waals surface area contributed by atoms with Crippen LogP contribution >= 0.6 is 0 Å². The van der Waals surface area contributed by atoms with Crippen LogP contribution in [-0.4, -0.2) is 36.7 Å². The van der Waals surface area contributed by atoms with E-state index in [1.54, 1.807) is 0 Å². The third kappa shape index (κ3) is 2.40. The van der Waals surface area contributed by atoms with Gasteiger partial charge in [-0.15, -0.1) is 0 Å². The molecule has 4 nitrogen and oxygen atoms in total. The molecule has 4 heteroatoms. The lowest BCUT2D eigenvalue weighted by molar-refractivity contribution is 0.0852. The SMILES string of the molecule is Cc1cccc(C2CN=C(N)N2CC2CCCO2)c1C. The second-order valence-electron chi connectivity index (χ2n) is 5.79. The van der Waals surface area contributed by atoms with Crippen LogP contribution < -0.4 is 5.73 Å². The fraction of sp³-hybridized carbons (Fsp3) is 0.562. The van der Waals surface area contributed by atoms with Crippen LogP contribution in [0.3, 0.4) is 0 Å². The fourth-order valence-electron chi connectivity index (χ4n) is 3.16. The van der Waals surface area contributed by atoms with Gasteiger partial charge in [-0.25, -0.2) is 0 Å². The van der Waals surface area contributed by atoms with Crippen molar-refractivity contribution in [1.82, 2.24) is 4.90 Å². The lowest BCUT2D eigenvalue weighted by Crippen LogP contribution is -2.41. The van der Waals surface area contributed by atoms with Crippen molar-refractivity contribution in [3.63, 3.8) is 0 Å². The number of rotatable bonds is 3. The molecule has 0 spiro atoms. The summed E-state index contributed by atoms with van der Waals surface area (Å²) in [7, 11) is 0. The predicted molar refractivity (Wildman–Crippen MR) is 80.8 cm³/mol. The smallest absolute Gasteiger partial charge is 0.192 e. The van der Waals surface area contributed by atoms with Crippen molar-refractivity contribution in [2.24, 2.45) is 10.7 Å². The monoisotopic (exact) mass is 273 g/mol. The number of guanidine groups is 1. The van der Waals surface area contributed by atoms with Gasteiger partial charge in [-0.3, -0.25) is 4.99 Å². The van der Waals surface area contributed by atoms with Gasteiger partial charge in [0.25, 0.3) is 0 Å². The predicted octanol–water partition coefficient (Wildman–Crippen LogP) is 2.15. The summed E-state index contributed by atoms with van der Waals surface area (Å²) in [6.45, 7) is 6.83. The first-order valence-corrected chi connectivity index (χ1v) is 7.41. The molecule has 1 fully saturated rings. The van der Waals surface area contributed by atoms with E-state index >= 15 is 0 Å². The number of hydrogen-bond donors (Lipinski definition) is 1. The first-order chi connectivity index (χ1) is 9.66. The van der Waals surface area contributed by atoms with E-state index in [0.29, 0.717) is 12.1 Å². The van der Waals surface area contributed by atoms with Crippen LogP contribution in [0.5, 0.6) is 0 Å². The molecule has 0 radical (unpaired) electrons. The van der Waals surface area contributed by atoms with Crippen molar-refractivity contribution < 1.29 is 4.74 Å². The lowest BCUT2D eigenvalue weighted by atomic mass is 9.96. The molecule has 0 amide bonds. The lowest BCUT2D eigenvalue weighted by Gasteiger charge is -2.30. The van der Waals surface area contributed by atoms with Crippen molar-refractivity contribution in [2.45, 2.75) is 38.8 Å². The third-order valence-corrected chi connectivity index (χ3v) is 4.53. The van der Waals surface area contributed by atoms with Crippen LogP contribution in [0.4, 0.5) is 0 Å². The molecule has 2 heterocycles.